The van der Waals surface area contributed by atoms with E-state index in [0.29, 0.717) is 24.5 Å². The molecule has 1 amide bonds. The molecule has 2 fully saturated rings. The molecule has 1 saturated heterocycles. The van der Waals surface area contributed by atoms with Crippen molar-refractivity contribution in [3.8, 4) is 11.5 Å². The number of methoxy groups -OCH3 is 1. The largest absolute Gasteiger partial charge is 0.495 e. The van der Waals surface area contributed by atoms with E-state index in [9.17, 15) is 15.0 Å². The predicted octanol–water partition coefficient (Wildman–Crippen LogP) is 2.96. The topological polar surface area (TPSA) is 101 Å². The number of aliphatic hydroxyl groups excluding tert-OH is 1. The number of fused-ring (bicyclic) bond motifs is 3. The van der Waals surface area contributed by atoms with Crippen LogP contribution >= 0.6 is 15.9 Å². The van der Waals surface area contributed by atoms with Gasteiger partial charge in [0.1, 0.15) is 17.6 Å². The summed E-state index contributed by atoms with van der Waals surface area (Å²) in [4.78, 5) is 20.0. The van der Waals surface area contributed by atoms with Crippen molar-refractivity contribution in [2.75, 3.05) is 27.4 Å². The maximum absolute atomic E-state index is 14.1. The molecule has 9 heteroatoms. The fraction of sp³-hybridized carbons (Fsp3) is 0.357. The molecule has 1 saturated carbocycles. The molecule has 3 aromatic rings. The van der Waals surface area contributed by atoms with Gasteiger partial charge in [0.15, 0.2) is 11.2 Å². The van der Waals surface area contributed by atoms with Crippen molar-refractivity contribution in [1.82, 2.24) is 9.88 Å². The number of aliphatic hydroxyl groups is 2. The van der Waals surface area contributed by atoms with Gasteiger partial charge in [0.25, 0.3) is 0 Å². The Morgan fingerprint density at radius 2 is 1.84 bits per heavy atom. The van der Waals surface area contributed by atoms with Crippen LogP contribution in [-0.2, 0) is 20.7 Å². The SMILES string of the molecule is COc1cncc2c1[C@]1(O)[C@H](O)[C@H](C(=O)N(C)C3COC3)[C@@H](c3ccccc3)[C@]1(c1ccc(Br)cc1)O2. The fourth-order valence-electron chi connectivity index (χ4n) is 6.23. The first-order valence-corrected chi connectivity index (χ1v) is 12.9. The Morgan fingerprint density at radius 3 is 2.46 bits per heavy atom. The molecule has 0 radical (unpaired) electrons. The number of nitrogens with zero attached hydrogens (tertiary/aromatic N) is 2. The van der Waals surface area contributed by atoms with Crippen LogP contribution in [0.2, 0.25) is 0 Å². The lowest BCUT2D eigenvalue weighted by molar-refractivity contribution is -0.160. The minimum absolute atomic E-state index is 0.0956. The van der Waals surface area contributed by atoms with Crippen LogP contribution in [0.15, 0.2) is 71.5 Å². The molecular formula is C28H27BrN2O6. The van der Waals surface area contributed by atoms with E-state index < -0.39 is 29.1 Å². The van der Waals surface area contributed by atoms with Gasteiger partial charge in [-0.2, -0.15) is 0 Å². The van der Waals surface area contributed by atoms with Crippen molar-refractivity contribution < 1.29 is 29.2 Å². The zero-order valence-corrected chi connectivity index (χ0v) is 22.0. The van der Waals surface area contributed by atoms with Crippen molar-refractivity contribution in [2.45, 2.75) is 29.3 Å². The summed E-state index contributed by atoms with van der Waals surface area (Å²) in [5.41, 5.74) is -1.91. The van der Waals surface area contributed by atoms with Crippen LogP contribution in [0.5, 0.6) is 11.5 Å². The quantitative estimate of drug-likeness (QED) is 0.489. The van der Waals surface area contributed by atoms with Crippen LogP contribution in [-0.4, -0.2) is 65.5 Å². The monoisotopic (exact) mass is 566 g/mol. The Hall–Kier alpha value is -2.98. The Labute approximate surface area is 222 Å². The molecule has 192 valence electrons. The van der Waals surface area contributed by atoms with Gasteiger partial charge >= 0.3 is 0 Å². The Kier molecular flexibility index (Phi) is 5.80. The molecule has 8 nitrogen and oxygen atoms in total. The van der Waals surface area contributed by atoms with Crippen LogP contribution in [0.1, 0.15) is 22.6 Å². The molecule has 3 aliphatic rings. The Balaban J connectivity index is 1.65. The minimum Gasteiger partial charge on any atom is -0.495 e. The van der Waals surface area contributed by atoms with Crippen molar-refractivity contribution >= 4 is 21.8 Å². The van der Waals surface area contributed by atoms with Gasteiger partial charge in [-0.3, -0.25) is 9.78 Å². The number of hydrogen-bond donors (Lipinski definition) is 2. The first kappa shape index (κ1) is 24.4. The van der Waals surface area contributed by atoms with Crippen molar-refractivity contribution in [3.63, 3.8) is 0 Å². The van der Waals surface area contributed by atoms with Crippen LogP contribution in [0.3, 0.4) is 0 Å². The van der Waals surface area contributed by atoms with Crippen LogP contribution < -0.4 is 9.47 Å². The molecule has 3 heterocycles. The third-order valence-electron chi connectivity index (χ3n) is 8.11. The Morgan fingerprint density at radius 1 is 1.14 bits per heavy atom. The second kappa shape index (κ2) is 8.80. The first-order valence-electron chi connectivity index (χ1n) is 12.1. The molecule has 1 aromatic heterocycles. The number of amides is 1. The molecular weight excluding hydrogens is 540 g/mol. The zero-order valence-electron chi connectivity index (χ0n) is 20.4. The summed E-state index contributed by atoms with van der Waals surface area (Å²) in [5, 5.41) is 24.9. The van der Waals surface area contributed by atoms with Gasteiger partial charge in [-0.1, -0.05) is 58.4 Å². The highest BCUT2D eigenvalue weighted by Crippen LogP contribution is 2.69. The second-order valence-corrected chi connectivity index (χ2v) is 10.7. The summed E-state index contributed by atoms with van der Waals surface area (Å²) in [6.07, 6.45) is 1.47. The number of rotatable bonds is 5. The lowest BCUT2D eigenvalue weighted by Gasteiger charge is -2.41. The van der Waals surface area contributed by atoms with Crippen molar-refractivity contribution in [3.05, 3.63) is 88.2 Å². The van der Waals surface area contributed by atoms with E-state index in [1.165, 1.54) is 19.5 Å². The third-order valence-corrected chi connectivity index (χ3v) is 8.64. The third kappa shape index (κ3) is 3.24. The molecule has 0 bridgehead atoms. The standard InChI is InChI=1S/C28H27BrN2O6/c1-31(19-14-36-15-19)26(33)22-23(16-6-4-3-5-7-16)28(17-8-10-18(29)11-9-17)27(34,25(22)32)24-20(35-2)12-30-13-21(24)37-28/h3-13,19,22-23,25,32,34H,14-15H2,1-2H3/t22-,23-,25-,27+,28+/m1/s1. The summed E-state index contributed by atoms with van der Waals surface area (Å²) >= 11 is 3.49. The normalized spacial score (nSPS) is 30.1. The average molecular weight is 567 g/mol. The van der Waals surface area contributed by atoms with Gasteiger partial charge < -0.3 is 29.3 Å². The smallest absolute Gasteiger partial charge is 0.229 e. The van der Waals surface area contributed by atoms with E-state index in [-0.39, 0.29) is 23.3 Å². The maximum Gasteiger partial charge on any atom is 0.229 e. The number of likely N-dealkylation sites (N-methyl/N-ethyl adjacent to an activating group) is 1. The molecule has 1 aliphatic carbocycles. The number of benzene rings is 2. The Bertz CT molecular complexity index is 1330. The predicted molar refractivity (Wildman–Crippen MR) is 137 cm³/mol. The number of carbonyl (C=O) groups is 1. The van der Waals surface area contributed by atoms with Gasteiger partial charge in [0.05, 0.1) is 50.2 Å². The number of aromatic nitrogens is 1. The summed E-state index contributed by atoms with van der Waals surface area (Å²) in [7, 11) is 3.19. The number of hydrogen-bond acceptors (Lipinski definition) is 7. The van der Waals surface area contributed by atoms with Gasteiger partial charge in [-0.05, 0) is 23.3 Å². The highest BCUT2D eigenvalue weighted by atomic mass is 79.9. The molecule has 2 aromatic carbocycles. The fourth-order valence-corrected chi connectivity index (χ4v) is 6.49. The second-order valence-electron chi connectivity index (χ2n) is 9.83. The molecule has 5 atom stereocenters. The lowest BCUT2D eigenvalue weighted by Crippen LogP contribution is -2.53. The van der Waals surface area contributed by atoms with E-state index in [2.05, 4.69) is 20.9 Å². The summed E-state index contributed by atoms with van der Waals surface area (Å²) in [6, 6.07) is 16.8. The van der Waals surface area contributed by atoms with E-state index in [1.807, 2.05) is 54.6 Å². The minimum atomic E-state index is -2.03. The number of carbonyl (C=O) groups excluding carboxylic acids is 1. The summed E-state index contributed by atoms with van der Waals surface area (Å²) < 4.78 is 18.5. The van der Waals surface area contributed by atoms with E-state index in [1.54, 1.807) is 11.9 Å². The van der Waals surface area contributed by atoms with Gasteiger partial charge in [-0.15, -0.1) is 0 Å². The van der Waals surface area contributed by atoms with Crippen LogP contribution in [0, 0.1) is 5.92 Å². The molecule has 6 rings (SSSR count). The van der Waals surface area contributed by atoms with Crippen molar-refractivity contribution in [2.24, 2.45) is 5.92 Å². The molecule has 0 spiro atoms. The summed E-state index contributed by atoms with van der Waals surface area (Å²) in [5.74, 6) is -1.47. The molecule has 37 heavy (non-hydrogen) atoms. The molecule has 2 N–H and O–H groups in total. The van der Waals surface area contributed by atoms with E-state index in [4.69, 9.17) is 14.2 Å². The number of pyridine rings is 1. The maximum atomic E-state index is 14.1. The lowest BCUT2D eigenvalue weighted by atomic mass is 9.70. The molecule has 0 unspecified atom stereocenters. The van der Waals surface area contributed by atoms with E-state index >= 15 is 0 Å². The van der Waals surface area contributed by atoms with Crippen LogP contribution in [0.4, 0.5) is 0 Å². The highest BCUT2D eigenvalue weighted by molar-refractivity contribution is 9.10. The highest BCUT2D eigenvalue weighted by Gasteiger charge is 2.78. The van der Waals surface area contributed by atoms with Crippen molar-refractivity contribution in [1.29, 1.82) is 0 Å². The number of halogens is 1. The van der Waals surface area contributed by atoms with Gasteiger partial charge in [0.2, 0.25) is 5.91 Å². The molecule has 2 aliphatic heterocycles. The van der Waals surface area contributed by atoms with Gasteiger partial charge in [0, 0.05) is 17.4 Å². The first-order chi connectivity index (χ1) is 17.8. The number of ether oxygens (including phenoxy) is 3. The van der Waals surface area contributed by atoms with E-state index in [0.717, 1.165) is 10.0 Å². The van der Waals surface area contributed by atoms with Crippen LogP contribution in [0.25, 0.3) is 0 Å². The van der Waals surface area contributed by atoms with Gasteiger partial charge in [-0.25, -0.2) is 0 Å². The average Bonchev–Trinajstić information content (AvgIpc) is 3.26. The zero-order chi connectivity index (χ0) is 25.9. The summed E-state index contributed by atoms with van der Waals surface area (Å²) in [6.45, 7) is 0.865.